The van der Waals surface area contributed by atoms with E-state index in [0.717, 1.165) is 22.9 Å². The maximum Gasteiger partial charge on any atom is 0.284 e. The van der Waals surface area contributed by atoms with Crippen molar-refractivity contribution < 1.29 is 4.42 Å². The average Bonchev–Trinajstić information content (AvgIpc) is 3.06. The van der Waals surface area contributed by atoms with Crippen molar-refractivity contribution in [3.63, 3.8) is 0 Å². The Morgan fingerprint density at radius 1 is 1.55 bits per heavy atom. The minimum absolute atomic E-state index is 0.303. The molecule has 1 aliphatic heterocycles. The van der Waals surface area contributed by atoms with E-state index in [0.29, 0.717) is 16.8 Å². The molecule has 1 aliphatic rings. The van der Waals surface area contributed by atoms with E-state index in [1.165, 1.54) is 25.8 Å². The Labute approximate surface area is 127 Å². The number of aromatic amines is 1. The van der Waals surface area contributed by atoms with Crippen LogP contribution < -0.4 is 0 Å². The van der Waals surface area contributed by atoms with Crippen LogP contribution in [0.1, 0.15) is 31.2 Å². The molecular weight excluding hydrogens is 292 g/mol. The van der Waals surface area contributed by atoms with Crippen LogP contribution in [-0.4, -0.2) is 39.2 Å². The topological polar surface area (TPSA) is 58.0 Å². The molecule has 1 fully saturated rings. The van der Waals surface area contributed by atoms with Crippen LogP contribution in [0.5, 0.6) is 0 Å². The molecule has 0 saturated carbocycles. The minimum Gasteiger partial charge on any atom is -0.408 e. The molecule has 0 spiro atoms. The van der Waals surface area contributed by atoms with Gasteiger partial charge in [-0.1, -0.05) is 6.42 Å². The van der Waals surface area contributed by atoms with Gasteiger partial charge < -0.3 is 9.32 Å². The summed E-state index contributed by atoms with van der Waals surface area (Å²) in [5, 5.41) is 7.79. The molecule has 2 aromatic heterocycles. The smallest absolute Gasteiger partial charge is 0.284 e. The van der Waals surface area contributed by atoms with Crippen molar-refractivity contribution in [1.82, 2.24) is 20.1 Å². The van der Waals surface area contributed by atoms with Crippen molar-refractivity contribution >= 4 is 23.6 Å². The van der Waals surface area contributed by atoms with Crippen molar-refractivity contribution in [2.45, 2.75) is 38.6 Å². The number of hydrogen-bond donors (Lipinski definition) is 1. The van der Waals surface area contributed by atoms with Crippen molar-refractivity contribution in [3.05, 3.63) is 16.0 Å². The SMILES string of the molecule is CC1CCCCN1CCc1ncc(-c2n[nH]c(=S)o2)s1. The normalized spacial score (nSPS) is 20.4. The molecule has 3 rings (SSSR count). The number of H-pyrrole nitrogens is 1. The summed E-state index contributed by atoms with van der Waals surface area (Å²) in [6.45, 7) is 4.62. The number of aromatic nitrogens is 3. The molecular formula is C13H18N4OS2. The first-order valence-corrected chi connectivity index (χ1v) is 8.19. The summed E-state index contributed by atoms with van der Waals surface area (Å²) in [5.74, 6) is 0.532. The van der Waals surface area contributed by atoms with Crippen molar-refractivity contribution in [2.24, 2.45) is 0 Å². The third-order valence-corrected chi connectivity index (χ3v) is 4.98. The van der Waals surface area contributed by atoms with Crippen LogP contribution in [0.2, 0.25) is 0 Å². The van der Waals surface area contributed by atoms with Gasteiger partial charge in [-0.2, -0.15) is 0 Å². The maximum atomic E-state index is 5.30. The van der Waals surface area contributed by atoms with Crippen LogP contribution in [0.4, 0.5) is 0 Å². The van der Waals surface area contributed by atoms with Crippen LogP contribution >= 0.6 is 23.6 Å². The van der Waals surface area contributed by atoms with E-state index in [2.05, 4.69) is 27.0 Å². The monoisotopic (exact) mass is 310 g/mol. The Bertz CT molecular complexity index is 618. The van der Waals surface area contributed by atoms with E-state index in [-0.39, 0.29) is 0 Å². The first-order valence-electron chi connectivity index (χ1n) is 6.97. The first kappa shape index (κ1) is 13.9. The molecule has 1 atom stereocenters. The Hall–Kier alpha value is -1.05. The fourth-order valence-corrected chi connectivity index (χ4v) is 3.55. The fourth-order valence-electron chi connectivity index (χ4n) is 2.59. The molecule has 108 valence electrons. The number of piperidine rings is 1. The van der Waals surface area contributed by atoms with Crippen LogP contribution in [0.3, 0.4) is 0 Å². The highest BCUT2D eigenvalue weighted by atomic mass is 32.1. The predicted molar refractivity (Wildman–Crippen MR) is 81.4 cm³/mol. The Balaban J connectivity index is 1.61. The molecule has 0 bridgehead atoms. The van der Waals surface area contributed by atoms with Gasteiger partial charge in [0.1, 0.15) is 4.88 Å². The van der Waals surface area contributed by atoms with E-state index >= 15 is 0 Å². The third-order valence-electron chi connectivity index (χ3n) is 3.76. The lowest BCUT2D eigenvalue weighted by molar-refractivity contribution is 0.163. The summed E-state index contributed by atoms with van der Waals surface area (Å²) in [6.07, 6.45) is 6.80. The Kier molecular flexibility index (Phi) is 4.28. The molecule has 1 unspecified atom stereocenters. The molecule has 0 aromatic carbocycles. The van der Waals surface area contributed by atoms with Crippen molar-refractivity contribution in [2.75, 3.05) is 13.1 Å². The van der Waals surface area contributed by atoms with Gasteiger partial charge in [-0.05, 0) is 38.5 Å². The second-order valence-corrected chi connectivity index (χ2v) is 6.65. The number of likely N-dealkylation sites (tertiary alicyclic amines) is 1. The molecule has 20 heavy (non-hydrogen) atoms. The van der Waals surface area contributed by atoms with Crippen LogP contribution in [0, 0.1) is 4.84 Å². The quantitative estimate of drug-likeness (QED) is 0.878. The fraction of sp³-hybridized carbons (Fsp3) is 0.615. The zero-order valence-corrected chi connectivity index (χ0v) is 13.1. The zero-order chi connectivity index (χ0) is 13.9. The zero-order valence-electron chi connectivity index (χ0n) is 11.5. The van der Waals surface area contributed by atoms with Crippen molar-refractivity contribution in [1.29, 1.82) is 0 Å². The number of nitrogens with zero attached hydrogens (tertiary/aromatic N) is 3. The molecule has 0 aliphatic carbocycles. The van der Waals surface area contributed by atoms with E-state index < -0.39 is 0 Å². The molecule has 0 radical (unpaired) electrons. The van der Waals surface area contributed by atoms with E-state index in [1.807, 2.05) is 6.20 Å². The second-order valence-electron chi connectivity index (χ2n) is 5.17. The van der Waals surface area contributed by atoms with Crippen molar-refractivity contribution in [3.8, 4) is 10.8 Å². The van der Waals surface area contributed by atoms with Gasteiger partial charge in [0.05, 0.1) is 11.2 Å². The van der Waals surface area contributed by atoms with Gasteiger partial charge in [-0.15, -0.1) is 16.4 Å². The van der Waals surface area contributed by atoms with Gasteiger partial charge in [0.25, 0.3) is 10.7 Å². The van der Waals surface area contributed by atoms with Gasteiger partial charge in [-0.25, -0.2) is 10.1 Å². The number of rotatable bonds is 4. The molecule has 1 saturated heterocycles. The standard InChI is InChI=1S/C13H18N4OS2/c1-9-4-2-3-6-17(9)7-5-11-14-8-10(20-11)12-15-16-13(19)18-12/h8-9H,2-7H2,1H3,(H,16,19). The third kappa shape index (κ3) is 3.16. The highest BCUT2D eigenvalue weighted by Crippen LogP contribution is 2.25. The van der Waals surface area contributed by atoms with E-state index in [4.69, 9.17) is 16.6 Å². The number of hydrogen-bond acceptors (Lipinski definition) is 6. The van der Waals surface area contributed by atoms with Gasteiger partial charge in [-0.3, -0.25) is 0 Å². The Morgan fingerprint density at radius 3 is 3.20 bits per heavy atom. The molecule has 5 nitrogen and oxygen atoms in total. The minimum atomic E-state index is 0.303. The maximum absolute atomic E-state index is 5.30. The lowest BCUT2D eigenvalue weighted by Gasteiger charge is -2.32. The summed E-state index contributed by atoms with van der Waals surface area (Å²) in [6, 6.07) is 0.701. The van der Waals surface area contributed by atoms with E-state index in [9.17, 15) is 0 Å². The van der Waals surface area contributed by atoms with Crippen LogP contribution in [-0.2, 0) is 6.42 Å². The summed E-state index contributed by atoms with van der Waals surface area (Å²) >= 11 is 6.51. The molecule has 7 heteroatoms. The second kappa shape index (κ2) is 6.15. The lowest BCUT2D eigenvalue weighted by Crippen LogP contribution is -2.38. The molecule has 2 aromatic rings. The summed E-state index contributed by atoms with van der Waals surface area (Å²) in [7, 11) is 0. The highest BCUT2D eigenvalue weighted by Gasteiger charge is 2.18. The Morgan fingerprint density at radius 2 is 2.45 bits per heavy atom. The summed E-state index contributed by atoms with van der Waals surface area (Å²) in [5.41, 5.74) is 0. The summed E-state index contributed by atoms with van der Waals surface area (Å²) in [4.78, 5) is 8.25. The van der Waals surface area contributed by atoms with Gasteiger partial charge in [0, 0.05) is 19.0 Å². The number of thiazole rings is 1. The van der Waals surface area contributed by atoms with E-state index in [1.54, 1.807) is 11.3 Å². The van der Waals surface area contributed by atoms with Crippen LogP contribution in [0.15, 0.2) is 10.6 Å². The summed E-state index contributed by atoms with van der Waals surface area (Å²) < 4.78 is 5.30. The number of nitrogens with one attached hydrogen (secondary N) is 1. The van der Waals surface area contributed by atoms with Gasteiger partial charge in [0.2, 0.25) is 0 Å². The molecule has 1 N–H and O–H groups in total. The largest absolute Gasteiger partial charge is 0.408 e. The first-order chi connectivity index (χ1) is 9.72. The average molecular weight is 310 g/mol. The van der Waals surface area contributed by atoms with Gasteiger partial charge >= 0.3 is 0 Å². The predicted octanol–water partition coefficient (Wildman–Crippen LogP) is 3.27. The van der Waals surface area contributed by atoms with Gasteiger partial charge in [0.15, 0.2) is 0 Å². The van der Waals surface area contributed by atoms with Crippen LogP contribution in [0.25, 0.3) is 10.8 Å². The molecule has 0 amide bonds. The lowest BCUT2D eigenvalue weighted by atomic mass is 10.0. The highest BCUT2D eigenvalue weighted by molar-refractivity contribution is 7.71. The molecule has 3 heterocycles.